The zero-order valence-electron chi connectivity index (χ0n) is 14.4. The van der Waals surface area contributed by atoms with Crippen LogP contribution in [0, 0.1) is 18.3 Å². The summed E-state index contributed by atoms with van der Waals surface area (Å²) < 4.78 is 5.24. The van der Waals surface area contributed by atoms with Gasteiger partial charge in [0.25, 0.3) is 0 Å². The summed E-state index contributed by atoms with van der Waals surface area (Å²) in [7, 11) is 1.52. The van der Waals surface area contributed by atoms with Crippen LogP contribution in [-0.2, 0) is 9.59 Å². The van der Waals surface area contributed by atoms with Gasteiger partial charge >= 0.3 is 0 Å². The first-order valence-electron chi connectivity index (χ1n) is 7.68. The van der Waals surface area contributed by atoms with E-state index in [4.69, 9.17) is 4.74 Å². The van der Waals surface area contributed by atoms with Crippen molar-refractivity contribution in [2.45, 2.75) is 13.8 Å². The first kappa shape index (κ1) is 18.0. The average Bonchev–Trinajstić information content (AvgIpc) is 2.59. The summed E-state index contributed by atoms with van der Waals surface area (Å²) in [5, 5.41) is 12.0. The Kier molecular flexibility index (Phi) is 5.75. The van der Waals surface area contributed by atoms with E-state index in [-0.39, 0.29) is 18.4 Å². The molecule has 0 aliphatic rings. The van der Waals surface area contributed by atoms with Crippen molar-refractivity contribution in [1.82, 2.24) is 0 Å². The van der Waals surface area contributed by atoms with Crippen molar-refractivity contribution in [3.8, 4) is 11.8 Å². The van der Waals surface area contributed by atoms with Crippen LogP contribution in [0.3, 0.4) is 0 Å². The number of anilines is 2. The minimum atomic E-state index is -0.383. The zero-order chi connectivity index (χ0) is 18.4. The molecule has 0 aromatic heterocycles. The lowest BCUT2D eigenvalue weighted by molar-refractivity contribution is -0.120. The fourth-order valence-corrected chi connectivity index (χ4v) is 2.42. The Hall–Kier alpha value is -3.33. The highest BCUT2D eigenvalue weighted by atomic mass is 16.5. The van der Waals surface area contributed by atoms with Crippen LogP contribution in [0.5, 0.6) is 5.75 Å². The molecule has 0 saturated heterocycles. The molecule has 2 aromatic carbocycles. The van der Waals surface area contributed by atoms with E-state index < -0.39 is 0 Å². The van der Waals surface area contributed by atoms with Gasteiger partial charge in [-0.3, -0.25) is 9.59 Å². The number of rotatable bonds is 5. The molecule has 0 fully saturated rings. The van der Waals surface area contributed by atoms with Crippen molar-refractivity contribution in [3.05, 3.63) is 53.6 Å². The van der Waals surface area contributed by atoms with Crippen molar-refractivity contribution in [2.75, 3.05) is 23.9 Å². The molecule has 0 spiro atoms. The van der Waals surface area contributed by atoms with Crippen LogP contribution in [0.25, 0.3) is 0 Å². The minimum absolute atomic E-state index is 0.203. The number of aryl methyl sites for hydroxylation is 1. The van der Waals surface area contributed by atoms with Gasteiger partial charge in [0.2, 0.25) is 11.8 Å². The van der Waals surface area contributed by atoms with Crippen LogP contribution < -0.4 is 15.0 Å². The number of hydrogen-bond acceptors (Lipinski definition) is 4. The Morgan fingerprint density at radius 3 is 2.60 bits per heavy atom. The van der Waals surface area contributed by atoms with Gasteiger partial charge < -0.3 is 15.0 Å². The molecular weight excluding hydrogens is 318 g/mol. The van der Waals surface area contributed by atoms with Gasteiger partial charge in [-0.2, -0.15) is 5.26 Å². The van der Waals surface area contributed by atoms with Gasteiger partial charge in [0.1, 0.15) is 18.4 Å². The van der Waals surface area contributed by atoms with E-state index >= 15 is 0 Å². The third-order valence-corrected chi connectivity index (χ3v) is 3.63. The maximum absolute atomic E-state index is 12.4. The summed E-state index contributed by atoms with van der Waals surface area (Å²) in [6.07, 6.45) is 0. The number of para-hydroxylation sites is 1. The van der Waals surface area contributed by atoms with Crippen molar-refractivity contribution in [3.63, 3.8) is 0 Å². The number of methoxy groups -OCH3 is 1. The topological polar surface area (TPSA) is 82.4 Å². The van der Waals surface area contributed by atoms with Crippen LogP contribution in [-0.4, -0.2) is 25.5 Å². The van der Waals surface area contributed by atoms with E-state index in [1.54, 1.807) is 36.4 Å². The second-order valence-electron chi connectivity index (χ2n) is 5.49. The van der Waals surface area contributed by atoms with Gasteiger partial charge in [-0.05, 0) is 36.8 Å². The van der Waals surface area contributed by atoms with Gasteiger partial charge in [0.15, 0.2) is 0 Å². The van der Waals surface area contributed by atoms with Gasteiger partial charge in [0, 0.05) is 6.92 Å². The molecule has 0 atom stereocenters. The number of nitrogens with zero attached hydrogens (tertiary/aromatic N) is 2. The summed E-state index contributed by atoms with van der Waals surface area (Å²) in [6.45, 7) is 3.06. The highest BCUT2D eigenvalue weighted by Gasteiger charge is 2.19. The van der Waals surface area contributed by atoms with Crippen LogP contribution >= 0.6 is 0 Å². The Bertz CT molecular complexity index is 840. The molecule has 128 valence electrons. The van der Waals surface area contributed by atoms with Crippen LogP contribution in [0.1, 0.15) is 18.1 Å². The number of benzene rings is 2. The Labute approximate surface area is 146 Å². The van der Waals surface area contributed by atoms with E-state index in [0.717, 1.165) is 5.56 Å². The number of amides is 2. The van der Waals surface area contributed by atoms with E-state index in [1.807, 2.05) is 19.1 Å². The number of nitrogens with one attached hydrogen (secondary N) is 1. The second-order valence-corrected chi connectivity index (χ2v) is 5.49. The molecule has 2 aromatic rings. The predicted molar refractivity (Wildman–Crippen MR) is 95.5 cm³/mol. The highest BCUT2D eigenvalue weighted by molar-refractivity contribution is 6.03. The third-order valence-electron chi connectivity index (χ3n) is 3.63. The lowest BCUT2D eigenvalue weighted by Gasteiger charge is -2.22. The normalized spacial score (nSPS) is 9.84. The average molecular weight is 337 g/mol. The summed E-state index contributed by atoms with van der Waals surface area (Å²) in [5.74, 6) is -0.174. The number of carbonyl (C=O) groups excluding carboxylic acids is 2. The van der Waals surface area contributed by atoms with Crippen molar-refractivity contribution < 1.29 is 14.3 Å². The largest absolute Gasteiger partial charge is 0.495 e. The van der Waals surface area contributed by atoms with Crippen molar-refractivity contribution in [2.24, 2.45) is 0 Å². The number of hydrogen-bond donors (Lipinski definition) is 1. The maximum atomic E-state index is 12.4. The molecule has 2 rings (SSSR count). The van der Waals surface area contributed by atoms with E-state index in [9.17, 15) is 14.9 Å². The maximum Gasteiger partial charge on any atom is 0.244 e. The Morgan fingerprint density at radius 1 is 1.24 bits per heavy atom. The summed E-state index contributed by atoms with van der Waals surface area (Å²) in [4.78, 5) is 25.7. The number of ether oxygens (including phenoxy) is 1. The monoisotopic (exact) mass is 337 g/mol. The van der Waals surface area contributed by atoms with Crippen LogP contribution in [0.2, 0.25) is 0 Å². The van der Waals surface area contributed by atoms with E-state index in [0.29, 0.717) is 22.7 Å². The van der Waals surface area contributed by atoms with Crippen LogP contribution in [0.15, 0.2) is 42.5 Å². The van der Waals surface area contributed by atoms with Crippen molar-refractivity contribution >= 4 is 23.2 Å². The molecule has 0 saturated carbocycles. The number of nitriles is 1. The van der Waals surface area contributed by atoms with Crippen molar-refractivity contribution in [1.29, 1.82) is 5.26 Å². The predicted octanol–water partition coefficient (Wildman–Crippen LogP) is 2.87. The molecule has 0 aliphatic carbocycles. The molecule has 1 N–H and O–H groups in total. The van der Waals surface area contributed by atoms with Gasteiger partial charge in [-0.25, -0.2) is 0 Å². The molecule has 6 nitrogen and oxygen atoms in total. The molecule has 0 heterocycles. The first-order chi connectivity index (χ1) is 12.0. The van der Waals surface area contributed by atoms with E-state index in [1.165, 1.54) is 18.9 Å². The lowest BCUT2D eigenvalue weighted by atomic mass is 10.1. The molecule has 0 unspecified atom stereocenters. The Morgan fingerprint density at radius 2 is 1.96 bits per heavy atom. The highest BCUT2D eigenvalue weighted by Crippen LogP contribution is 2.25. The summed E-state index contributed by atoms with van der Waals surface area (Å²) >= 11 is 0. The molecule has 0 radical (unpaired) electrons. The Balaban J connectivity index is 2.24. The number of carbonyl (C=O) groups is 2. The molecule has 2 amide bonds. The summed E-state index contributed by atoms with van der Waals surface area (Å²) in [5.41, 5.74) is 2.24. The molecular formula is C19H19N3O3. The molecule has 0 bridgehead atoms. The van der Waals surface area contributed by atoms with Gasteiger partial charge in [-0.15, -0.1) is 0 Å². The van der Waals surface area contributed by atoms with Crippen LogP contribution in [0.4, 0.5) is 11.4 Å². The standard InChI is InChI=1S/C19H19N3O3/c1-13-8-9-18(25-3)16(10-13)21-19(24)12-22(14(2)23)17-7-5-4-6-15(17)11-20/h4-10H,12H2,1-3H3,(H,21,24). The molecule has 25 heavy (non-hydrogen) atoms. The third kappa shape index (κ3) is 4.36. The quantitative estimate of drug-likeness (QED) is 0.909. The molecule has 6 heteroatoms. The SMILES string of the molecule is COc1ccc(C)cc1NC(=O)CN(C(C)=O)c1ccccc1C#N. The second kappa shape index (κ2) is 7.97. The fraction of sp³-hybridized carbons (Fsp3) is 0.211. The van der Waals surface area contributed by atoms with E-state index in [2.05, 4.69) is 5.32 Å². The lowest BCUT2D eigenvalue weighted by Crippen LogP contribution is -2.37. The van der Waals surface area contributed by atoms with Gasteiger partial charge in [0.05, 0.1) is 24.0 Å². The minimum Gasteiger partial charge on any atom is -0.495 e. The summed E-state index contributed by atoms with van der Waals surface area (Å²) in [6, 6.07) is 14.1. The zero-order valence-corrected chi connectivity index (χ0v) is 14.4. The first-order valence-corrected chi connectivity index (χ1v) is 7.68. The molecule has 0 aliphatic heterocycles. The van der Waals surface area contributed by atoms with Gasteiger partial charge in [-0.1, -0.05) is 18.2 Å². The fourth-order valence-electron chi connectivity index (χ4n) is 2.42. The smallest absolute Gasteiger partial charge is 0.244 e.